The molecule has 0 amide bonds. The molecule has 5 heteroatoms. The number of benzene rings is 1. The smallest absolute Gasteiger partial charge is 0.454 e. The highest BCUT2D eigenvalue weighted by Crippen LogP contribution is 2.21. The zero-order valence-electron chi connectivity index (χ0n) is 8.38. The summed E-state index contributed by atoms with van der Waals surface area (Å²) in [5.41, 5.74) is 0.798. The van der Waals surface area contributed by atoms with E-state index in [0.29, 0.717) is 5.56 Å². The van der Waals surface area contributed by atoms with Crippen molar-refractivity contribution in [2.75, 3.05) is 0 Å². The fourth-order valence-electron chi connectivity index (χ4n) is 1.14. The van der Waals surface area contributed by atoms with Crippen LogP contribution in [0.15, 0.2) is 30.3 Å². The molecule has 0 atom stereocenters. The molecule has 1 aromatic rings. The van der Waals surface area contributed by atoms with Gasteiger partial charge >= 0.3 is 6.18 Å². The molecule has 2 nitrogen and oxygen atoms in total. The van der Waals surface area contributed by atoms with Crippen molar-refractivity contribution >= 4 is 11.5 Å². The molecule has 0 aliphatic heterocycles. The Morgan fingerprint density at radius 1 is 1.31 bits per heavy atom. The molecule has 0 radical (unpaired) electrons. The van der Waals surface area contributed by atoms with Crippen LogP contribution in [0.25, 0.3) is 5.76 Å². The van der Waals surface area contributed by atoms with Gasteiger partial charge in [0.2, 0.25) is 0 Å². The molecule has 0 fully saturated rings. The Bertz CT molecular complexity index is 433. The minimum atomic E-state index is -4.96. The number of aliphatic hydroxyl groups is 1. The van der Waals surface area contributed by atoms with Crippen molar-refractivity contribution in [3.05, 3.63) is 41.5 Å². The summed E-state index contributed by atoms with van der Waals surface area (Å²) < 4.78 is 35.8. The van der Waals surface area contributed by atoms with Gasteiger partial charge in [0.1, 0.15) is 5.76 Å². The van der Waals surface area contributed by atoms with Gasteiger partial charge in [-0.1, -0.05) is 24.3 Å². The van der Waals surface area contributed by atoms with E-state index in [1.54, 1.807) is 25.1 Å². The van der Waals surface area contributed by atoms with Gasteiger partial charge in [0, 0.05) is 11.6 Å². The highest BCUT2D eigenvalue weighted by Gasteiger charge is 2.37. The van der Waals surface area contributed by atoms with Gasteiger partial charge in [-0.3, -0.25) is 4.79 Å². The lowest BCUT2D eigenvalue weighted by Crippen LogP contribution is -2.20. The number of aliphatic hydroxyl groups excluding tert-OH is 1. The van der Waals surface area contributed by atoms with E-state index >= 15 is 0 Å². The summed E-state index contributed by atoms with van der Waals surface area (Å²) in [5, 5.41) is 9.38. The Balaban J connectivity index is 3.04. The number of halogens is 3. The molecule has 0 aliphatic rings. The first-order valence-electron chi connectivity index (χ1n) is 4.40. The van der Waals surface area contributed by atoms with Crippen LogP contribution in [0.5, 0.6) is 0 Å². The fourth-order valence-corrected chi connectivity index (χ4v) is 1.14. The Labute approximate surface area is 90.0 Å². The number of hydrogen-bond donors (Lipinski definition) is 1. The number of carbonyl (C=O) groups is 1. The summed E-state index contributed by atoms with van der Waals surface area (Å²) in [4.78, 5) is 10.6. The van der Waals surface area contributed by atoms with Crippen LogP contribution in [0.1, 0.15) is 11.1 Å². The lowest BCUT2D eigenvalue weighted by molar-refractivity contribution is -0.165. The molecular weight excluding hydrogens is 221 g/mol. The van der Waals surface area contributed by atoms with Gasteiger partial charge in [0.25, 0.3) is 5.78 Å². The number of alkyl halides is 3. The van der Waals surface area contributed by atoms with Crippen LogP contribution in [0, 0.1) is 6.92 Å². The number of carbonyl (C=O) groups excluding carboxylic acids is 1. The third-order valence-corrected chi connectivity index (χ3v) is 1.97. The van der Waals surface area contributed by atoms with Gasteiger partial charge in [-0.05, 0) is 12.5 Å². The minimum absolute atomic E-state index is 0.183. The molecule has 0 aliphatic carbocycles. The van der Waals surface area contributed by atoms with Gasteiger partial charge in [-0.25, -0.2) is 0 Å². The molecule has 1 N–H and O–H groups in total. The largest absolute Gasteiger partial charge is 0.507 e. The normalized spacial score (nSPS) is 12.6. The molecule has 0 aromatic heterocycles. The van der Waals surface area contributed by atoms with Crippen LogP contribution in [-0.4, -0.2) is 17.1 Å². The Hall–Kier alpha value is -1.78. The van der Waals surface area contributed by atoms with Crippen molar-refractivity contribution in [1.29, 1.82) is 0 Å². The Morgan fingerprint density at radius 2 is 1.88 bits per heavy atom. The van der Waals surface area contributed by atoms with Crippen LogP contribution in [0.3, 0.4) is 0 Å². The maximum Gasteiger partial charge on any atom is 0.454 e. The monoisotopic (exact) mass is 230 g/mol. The van der Waals surface area contributed by atoms with Crippen LogP contribution < -0.4 is 0 Å². The van der Waals surface area contributed by atoms with Crippen molar-refractivity contribution in [3.63, 3.8) is 0 Å². The summed E-state index contributed by atoms with van der Waals surface area (Å²) in [6, 6.07) is 6.30. The molecule has 86 valence electrons. The summed E-state index contributed by atoms with van der Waals surface area (Å²) in [7, 11) is 0. The van der Waals surface area contributed by atoms with Crippen LogP contribution in [0.4, 0.5) is 13.2 Å². The molecular formula is C11H9F3O2. The van der Waals surface area contributed by atoms with E-state index in [9.17, 15) is 23.1 Å². The second kappa shape index (κ2) is 4.38. The average molecular weight is 230 g/mol. The third kappa shape index (κ3) is 2.85. The number of aryl methyl sites for hydroxylation is 1. The second-order valence-electron chi connectivity index (χ2n) is 3.21. The van der Waals surface area contributed by atoms with Gasteiger partial charge < -0.3 is 5.11 Å². The number of ketones is 1. The van der Waals surface area contributed by atoms with E-state index < -0.39 is 17.7 Å². The molecule has 0 bridgehead atoms. The van der Waals surface area contributed by atoms with Gasteiger partial charge in [-0.15, -0.1) is 0 Å². The van der Waals surface area contributed by atoms with E-state index in [1.165, 1.54) is 6.07 Å². The van der Waals surface area contributed by atoms with E-state index in [0.717, 1.165) is 0 Å². The van der Waals surface area contributed by atoms with Crippen LogP contribution >= 0.6 is 0 Å². The minimum Gasteiger partial charge on any atom is -0.507 e. The molecule has 0 saturated heterocycles. The van der Waals surface area contributed by atoms with E-state index in [2.05, 4.69) is 0 Å². The molecule has 0 unspecified atom stereocenters. The maximum atomic E-state index is 11.9. The van der Waals surface area contributed by atoms with Crippen molar-refractivity contribution in [2.24, 2.45) is 0 Å². The molecule has 0 heterocycles. The highest BCUT2D eigenvalue weighted by atomic mass is 19.4. The van der Waals surface area contributed by atoms with E-state index in [-0.39, 0.29) is 11.6 Å². The van der Waals surface area contributed by atoms with Gasteiger partial charge in [-0.2, -0.15) is 13.2 Å². The van der Waals surface area contributed by atoms with Crippen molar-refractivity contribution in [3.8, 4) is 0 Å². The zero-order valence-corrected chi connectivity index (χ0v) is 8.38. The van der Waals surface area contributed by atoms with Crippen LogP contribution in [0.2, 0.25) is 0 Å². The predicted octanol–water partition coefficient (Wildman–Crippen LogP) is 3.03. The molecule has 0 spiro atoms. The van der Waals surface area contributed by atoms with Gasteiger partial charge in [0.15, 0.2) is 0 Å². The number of rotatable bonds is 2. The molecule has 1 aromatic carbocycles. The lowest BCUT2D eigenvalue weighted by Gasteiger charge is -2.05. The summed E-state index contributed by atoms with van der Waals surface area (Å²) in [6.45, 7) is 1.62. The maximum absolute atomic E-state index is 11.9. The third-order valence-electron chi connectivity index (χ3n) is 1.97. The molecule has 0 saturated carbocycles. The van der Waals surface area contributed by atoms with E-state index in [4.69, 9.17) is 0 Å². The second-order valence-corrected chi connectivity index (χ2v) is 3.21. The van der Waals surface area contributed by atoms with Crippen molar-refractivity contribution in [2.45, 2.75) is 13.1 Å². The first-order chi connectivity index (χ1) is 7.32. The summed E-state index contributed by atoms with van der Waals surface area (Å²) in [6.07, 6.45) is -4.78. The first kappa shape index (κ1) is 12.3. The van der Waals surface area contributed by atoms with Crippen LogP contribution in [-0.2, 0) is 4.79 Å². The topological polar surface area (TPSA) is 37.3 Å². The fraction of sp³-hybridized carbons (Fsp3) is 0.182. The van der Waals surface area contributed by atoms with Crippen molar-refractivity contribution in [1.82, 2.24) is 0 Å². The first-order valence-corrected chi connectivity index (χ1v) is 4.40. The zero-order chi connectivity index (χ0) is 12.3. The quantitative estimate of drug-likeness (QED) is 0.626. The molecule has 16 heavy (non-hydrogen) atoms. The lowest BCUT2D eigenvalue weighted by atomic mass is 10.1. The summed E-state index contributed by atoms with van der Waals surface area (Å²) >= 11 is 0. The SMILES string of the molecule is Cc1ccccc1C(O)=CC(=O)C(F)(F)F. The molecule has 1 rings (SSSR count). The highest BCUT2D eigenvalue weighted by molar-refractivity contribution is 5.99. The number of allylic oxidation sites excluding steroid dienone is 1. The van der Waals surface area contributed by atoms with Crippen molar-refractivity contribution < 1.29 is 23.1 Å². The predicted molar refractivity (Wildman–Crippen MR) is 52.8 cm³/mol. The van der Waals surface area contributed by atoms with Gasteiger partial charge in [0.05, 0.1) is 0 Å². The average Bonchev–Trinajstić information content (AvgIpc) is 2.16. The summed E-state index contributed by atoms with van der Waals surface area (Å²) in [5.74, 6) is -2.76. The van der Waals surface area contributed by atoms with E-state index in [1.807, 2.05) is 0 Å². The standard InChI is InChI=1S/C11H9F3O2/c1-7-4-2-3-5-8(7)9(15)6-10(16)11(12,13)14/h2-6,15H,1H3. The Morgan fingerprint density at radius 3 is 2.38 bits per heavy atom. The Kier molecular flexibility index (Phi) is 3.37. The number of hydrogen-bond acceptors (Lipinski definition) is 2.